The summed E-state index contributed by atoms with van der Waals surface area (Å²) in [6.45, 7) is 9.93. The lowest BCUT2D eigenvalue weighted by Gasteiger charge is -2.41. The Labute approximate surface area is 96.8 Å². The average Bonchev–Trinajstić information content (AvgIpc) is 2.27. The summed E-state index contributed by atoms with van der Waals surface area (Å²) in [4.78, 5) is 13.0. The number of ether oxygens (including phenoxy) is 1. The molecule has 1 fully saturated rings. The zero-order chi connectivity index (χ0) is 12.2. The highest BCUT2D eigenvalue weighted by Gasteiger charge is 2.28. The molecule has 0 radical (unpaired) electrons. The van der Waals surface area contributed by atoms with Crippen LogP contribution < -0.4 is 5.32 Å². The number of morpholine rings is 1. The second kappa shape index (κ2) is 5.61. The Hall–Kier alpha value is -0.650. The molecule has 0 aliphatic carbocycles. The molecule has 1 heterocycles. The largest absolute Gasteiger partial charge is 0.480 e. The number of hydrogen-bond donors (Lipinski definition) is 2. The van der Waals surface area contributed by atoms with Gasteiger partial charge in [-0.25, -0.2) is 0 Å². The normalized spacial score (nSPS) is 20.7. The summed E-state index contributed by atoms with van der Waals surface area (Å²) in [5, 5.41) is 11.8. The van der Waals surface area contributed by atoms with Crippen LogP contribution in [0.4, 0.5) is 0 Å². The van der Waals surface area contributed by atoms with Crippen LogP contribution in [0.5, 0.6) is 0 Å². The summed E-state index contributed by atoms with van der Waals surface area (Å²) in [7, 11) is 0. The first kappa shape index (κ1) is 13.4. The van der Waals surface area contributed by atoms with Crippen molar-refractivity contribution in [2.75, 3.05) is 32.8 Å². The minimum atomic E-state index is -0.808. The van der Waals surface area contributed by atoms with Crippen molar-refractivity contribution in [3.63, 3.8) is 0 Å². The maximum Gasteiger partial charge on any atom is 0.320 e. The Kier molecular flexibility index (Phi) is 4.70. The number of aliphatic carboxylic acids is 1. The van der Waals surface area contributed by atoms with E-state index in [1.54, 1.807) is 6.92 Å². The number of rotatable bonds is 5. The Morgan fingerprint density at radius 2 is 2.06 bits per heavy atom. The quantitative estimate of drug-likeness (QED) is 0.704. The van der Waals surface area contributed by atoms with Crippen LogP contribution >= 0.6 is 0 Å². The van der Waals surface area contributed by atoms with Gasteiger partial charge in [-0.15, -0.1) is 0 Å². The minimum absolute atomic E-state index is 0.0342. The molecule has 0 saturated carbocycles. The zero-order valence-corrected chi connectivity index (χ0v) is 10.3. The van der Waals surface area contributed by atoms with E-state index < -0.39 is 12.0 Å². The molecule has 0 aromatic rings. The molecule has 0 bridgehead atoms. The van der Waals surface area contributed by atoms with Gasteiger partial charge in [0.05, 0.1) is 13.2 Å². The van der Waals surface area contributed by atoms with Gasteiger partial charge in [0.15, 0.2) is 0 Å². The summed E-state index contributed by atoms with van der Waals surface area (Å²) in [5.74, 6) is -0.808. The van der Waals surface area contributed by atoms with Gasteiger partial charge in [-0.05, 0) is 20.8 Å². The van der Waals surface area contributed by atoms with Gasteiger partial charge >= 0.3 is 5.97 Å². The maximum absolute atomic E-state index is 10.7. The third-order valence-corrected chi connectivity index (χ3v) is 3.08. The fraction of sp³-hybridized carbons (Fsp3) is 0.909. The third-order valence-electron chi connectivity index (χ3n) is 3.08. The first-order valence-corrected chi connectivity index (χ1v) is 5.72. The summed E-state index contributed by atoms with van der Waals surface area (Å²) in [6, 6.07) is -0.500. The maximum atomic E-state index is 10.7. The van der Waals surface area contributed by atoms with Crippen LogP contribution in [0.2, 0.25) is 0 Å². The van der Waals surface area contributed by atoms with Crippen LogP contribution in [0.15, 0.2) is 0 Å². The van der Waals surface area contributed by atoms with Crippen molar-refractivity contribution in [3.05, 3.63) is 0 Å². The first-order chi connectivity index (χ1) is 7.43. The van der Waals surface area contributed by atoms with Gasteiger partial charge in [0.1, 0.15) is 6.04 Å². The van der Waals surface area contributed by atoms with Crippen LogP contribution in [0.1, 0.15) is 20.8 Å². The number of hydrogen-bond acceptors (Lipinski definition) is 4. The molecule has 1 unspecified atom stereocenters. The standard InChI is InChI=1S/C11H22N2O3/c1-9(10(14)15)12-8-11(2,3)13-4-6-16-7-5-13/h9,12H,4-8H2,1-3H3,(H,14,15). The second-order valence-electron chi connectivity index (χ2n) is 4.85. The Morgan fingerprint density at radius 1 is 1.50 bits per heavy atom. The smallest absolute Gasteiger partial charge is 0.320 e. The molecule has 94 valence electrons. The van der Waals surface area contributed by atoms with Crippen LogP contribution in [-0.2, 0) is 9.53 Å². The highest BCUT2D eigenvalue weighted by atomic mass is 16.5. The molecule has 1 aliphatic rings. The lowest BCUT2D eigenvalue weighted by molar-refractivity contribution is -0.139. The molecule has 1 rings (SSSR count). The fourth-order valence-electron chi connectivity index (χ4n) is 1.77. The monoisotopic (exact) mass is 230 g/mol. The molecule has 1 saturated heterocycles. The summed E-state index contributed by atoms with van der Waals surface area (Å²) >= 11 is 0. The van der Waals surface area contributed by atoms with Gasteiger partial charge in [-0.2, -0.15) is 0 Å². The second-order valence-corrected chi connectivity index (χ2v) is 4.85. The van der Waals surface area contributed by atoms with Crippen LogP contribution in [-0.4, -0.2) is 60.4 Å². The molecule has 1 aliphatic heterocycles. The van der Waals surface area contributed by atoms with Crippen molar-refractivity contribution in [3.8, 4) is 0 Å². The molecule has 0 aromatic heterocycles. The molecule has 16 heavy (non-hydrogen) atoms. The SMILES string of the molecule is CC(NCC(C)(C)N1CCOCC1)C(=O)O. The molecule has 0 aromatic carbocycles. The van der Waals surface area contributed by atoms with Crippen LogP contribution in [0.25, 0.3) is 0 Å². The highest BCUT2D eigenvalue weighted by molar-refractivity contribution is 5.72. The van der Waals surface area contributed by atoms with Crippen LogP contribution in [0, 0.1) is 0 Å². The first-order valence-electron chi connectivity index (χ1n) is 5.72. The van der Waals surface area contributed by atoms with Gasteiger partial charge in [0, 0.05) is 25.2 Å². The Balaban J connectivity index is 2.40. The summed E-state index contributed by atoms with van der Waals surface area (Å²) in [6.07, 6.45) is 0. The van der Waals surface area contributed by atoms with Crippen molar-refractivity contribution in [2.24, 2.45) is 0 Å². The number of nitrogens with zero attached hydrogens (tertiary/aromatic N) is 1. The molecule has 5 heteroatoms. The zero-order valence-electron chi connectivity index (χ0n) is 10.3. The van der Waals surface area contributed by atoms with Gasteiger partial charge in [-0.1, -0.05) is 0 Å². The van der Waals surface area contributed by atoms with E-state index in [9.17, 15) is 4.79 Å². The fourth-order valence-corrected chi connectivity index (χ4v) is 1.77. The van der Waals surface area contributed by atoms with E-state index in [2.05, 4.69) is 24.1 Å². The molecule has 5 nitrogen and oxygen atoms in total. The molecular weight excluding hydrogens is 208 g/mol. The van der Waals surface area contributed by atoms with E-state index in [0.717, 1.165) is 26.3 Å². The molecule has 0 spiro atoms. The summed E-state index contributed by atoms with van der Waals surface area (Å²) in [5.41, 5.74) is -0.0342. The summed E-state index contributed by atoms with van der Waals surface area (Å²) < 4.78 is 5.30. The van der Waals surface area contributed by atoms with E-state index in [-0.39, 0.29) is 5.54 Å². The topological polar surface area (TPSA) is 61.8 Å². The number of carboxylic acids is 1. The van der Waals surface area contributed by atoms with E-state index in [0.29, 0.717) is 6.54 Å². The van der Waals surface area contributed by atoms with Crippen molar-refractivity contribution in [1.29, 1.82) is 0 Å². The molecule has 0 amide bonds. The van der Waals surface area contributed by atoms with Crippen LogP contribution in [0.3, 0.4) is 0 Å². The molecular formula is C11H22N2O3. The van der Waals surface area contributed by atoms with Crippen molar-refractivity contribution < 1.29 is 14.6 Å². The number of nitrogens with one attached hydrogen (secondary N) is 1. The lowest BCUT2D eigenvalue weighted by atomic mass is 10.0. The van der Waals surface area contributed by atoms with Gasteiger partial charge in [0.25, 0.3) is 0 Å². The Bertz CT molecular complexity index is 237. The van der Waals surface area contributed by atoms with Crippen molar-refractivity contribution in [1.82, 2.24) is 10.2 Å². The number of carbonyl (C=O) groups is 1. The van der Waals surface area contributed by atoms with E-state index in [1.807, 2.05) is 0 Å². The average molecular weight is 230 g/mol. The van der Waals surface area contributed by atoms with E-state index in [4.69, 9.17) is 9.84 Å². The molecule has 2 N–H and O–H groups in total. The van der Waals surface area contributed by atoms with Gasteiger partial charge in [0.2, 0.25) is 0 Å². The predicted octanol–water partition coefficient (Wildman–Crippen LogP) is 0.160. The highest BCUT2D eigenvalue weighted by Crippen LogP contribution is 2.15. The minimum Gasteiger partial charge on any atom is -0.480 e. The van der Waals surface area contributed by atoms with Gasteiger partial charge in [-0.3, -0.25) is 9.69 Å². The molecule has 1 atom stereocenters. The number of carboxylic acid groups (broad SMARTS) is 1. The predicted molar refractivity (Wildman–Crippen MR) is 61.6 cm³/mol. The lowest BCUT2D eigenvalue weighted by Crippen LogP contribution is -2.56. The van der Waals surface area contributed by atoms with Crippen molar-refractivity contribution in [2.45, 2.75) is 32.4 Å². The third kappa shape index (κ3) is 3.73. The van der Waals surface area contributed by atoms with Crippen molar-refractivity contribution >= 4 is 5.97 Å². The van der Waals surface area contributed by atoms with E-state index in [1.165, 1.54) is 0 Å². The van der Waals surface area contributed by atoms with E-state index >= 15 is 0 Å². The van der Waals surface area contributed by atoms with Gasteiger partial charge < -0.3 is 15.2 Å². The Morgan fingerprint density at radius 3 is 2.56 bits per heavy atom.